The van der Waals surface area contributed by atoms with Crippen LogP contribution in [0.15, 0.2) is 59.7 Å². The Hall–Kier alpha value is -5.44. The fourth-order valence-electron chi connectivity index (χ4n) is 10.2. The summed E-state index contributed by atoms with van der Waals surface area (Å²) in [5.74, 6) is -2.09. The molecule has 4 aromatic rings. The predicted octanol–water partition coefficient (Wildman–Crippen LogP) is 6.76. The number of nitriles is 1. The van der Waals surface area contributed by atoms with Crippen LogP contribution in [-0.2, 0) is 24.3 Å². The topological polar surface area (TPSA) is 185 Å². The Morgan fingerprint density at radius 3 is 2.42 bits per heavy atom. The van der Waals surface area contributed by atoms with Crippen LogP contribution < -0.4 is 25.7 Å². The number of piperidine rings is 2. The van der Waals surface area contributed by atoms with E-state index in [4.69, 9.17) is 9.47 Å². The molecule has 1 unspecified atom stereocenters. The van der Waals surface area contributed by atoms with Crippen molar-refractivity contribution >= 4 is 44.1 Å². The van der Waals surface area contributed by atoms with E-state index in [2.05, 4.69) is 25.2 Å². The van der Waals surface area contributed by atoms with Crippen molar-refractivity contribution in [3.8, 4) is 17.6 Å². The molecule has 2 amide bonds. The first-order chi connectivity index (χ1) is 29.9. The lowest BCUT2D eigenvalue weighted by atomic mass is 9.79. The van der Waals surface area contributed by atoms with E-state index < -0.39 is 38.8 Å². The molecule has 1 spiro atoms. The van der Waals surface area contributed by atoms with Crippen molar-refractivity contribution in [3.63, 3.8) is 0 Å². The maximum absolute atomic E-state index is 15.4. The van der Waals surface area contributed by atoms with E-state index in [9.17, 15) is 28.1 Å². The van der Waals surface area contributed by atoms with Crippen LogP contribution in [0.4, 0.5) is 20.2 Å². The van der Waals surface area contributed by atoms with Crippen LogP contribution in [0.5, 0.6) is 11.5 Å². The molecule has 326 valence electrons. The summed E-state index contributed by atoms with van der Waals surface area (Å²) in [6.07, 6.45) is 10.7. The highest BCUT2D eigenvalue weighted by Gasteiger charge is 2.45. The quantitative estimate of drug-likeness (QED) is 0.143. The van der Waals surface area contributed by atoms with Gasteiger partial charge in [-0.2, -0.15) is 5.26 Å². The molecule has 5 aliphatic rings. The van der Waals surface area contributed by atoms with Gasteiger partial charge in [0.05, 0.1) is 46.4 Å². The maximum Gasteiger partial charge on any atom is 0.261 e. The van der Waals surface area contributed by atoms with Gasteiger partial charge in [0.25, 0.3) is 5.56 Å². The van der Waals surface area contributed by atoms with Crippen molar-refractivity contribution in [1.82, 2.24) is 19.8 Å². The zero-order valence-electron chi connectivity index (χ0n) is 34.2. The number of carbonyl (C=O) groups is 2. The number of carbonyl (C=O) groups excluding carboxylic acids is 2. The van der Waals surface area contributed by atoms with E-state index in [1.807, 2.05) is 18.2 Å². The Morgan fingerprint density at radius 1 is 0.919 bits per heavy atom. The molecule has 3 saturated heterocycles. The average molecular weight is 870 g/mol. The highest BCUT2D eigenvalue weighted by atomic mass is 32.2. The lowest BCUT2D eigenvalue weighted by Crippen LogP contribution is -2.49. The van der Waals surface area contributed by atoms with E-state index in [-0.39, 0.29) is 63.7 Å². The monoisotopic (exact) mass is 869 g/mol. The molecule has 3 N–H and O–H groups in total. The van der Waals surface area contributed by atoms with Gasteiger partial charge in [0.2, 0.25) is 21.8 Å². The van der Waals surface area contributed by atoms with Gasteiger partial charge in [-0.25, -0.2) is 22.2 Å². The SMILES string of the molecule is N#Cc1c(NS(=O)(=O)C2CCCC2)ccc(F)c1Oc1ccc2ncn([C@H]3COC4(CCN(C5CCC(c6ccc(NC7CCC(=O)NC7=O)cc6F)CC5)CC4)C3)c(=O)c2c1. The highest BCUT2D eigenvalue weighted by molar-refractivity contribution is 7.93. The average Bonchev–Trinajstić information content (AvgIpc) is 3.96. The second-order valence-electron chi connectivity index (χ2n) is 17.5. The van der Waals surface area contributed by atoms with Crippen LogP contribution in [-0.4, -0.2) is 77.3 Å². The summed E-state index contributed by atoms with van der Waals surface area (Å²) in [7, 11) is -3.80. The van der Waals surface area contributed by atoms with Gasteiger partial charge >= 0.3 is 0 Å². The Balaban J connectivity index is 0.811. The standard InChI is InChI=1S/C45H49F2N7O7S/c46-36-12-14-39(52-62(58,59)32-3-1-2-4-32)35(24-48)42(36)61-31-10-13-38-34(22-31)44(57)54(26-49-38)30-23-45(60-25-30)17-19-53(20-18-45)29-8-5-27(6-9-29)33-11-7-28(21-37(33)47)50-40-15-16-41(55)51-43(40)56/h7,10-14,21-22,26-27,29-30,32,40,50,52H,1-6,8-9,15-20,23,25H2,(H,51,55,56)/t27?,29?,30-,40?/m1/s1. The number of ether oxygens (including phenoxy) is 2. The van der Waals surface area contributed by atoms with Crippen LogP contribution in [0.1, 0.15) is 107 Å². The van der Waals surface area contributed by atoms with Gasteiger partial charge in [-0.05, 0) is 118 Å². The van der Waals surface area contributed by atoms with Gasteiger partial charge in [0.15, 0.2) is 11.6 Å². The molecule has 0 radical (unpaired) electrons. The van der Waals surface area contributed by atoms with Crippen LogP contribution in [0.25, 0.3) is 10.9 Å². The summed E-state index contributed by atoms with van der Waals surface area (Å²) >= 11 is 0. The Morgan fingerprint density at radius 2 is 1.69 bits per heavy atom. The zero-order chi connectivity index (χ0) is 43.2. The fourth-order valence-corrected chi connectivity index (χ4v) is 11.8. The number of rotatable bonds is 10. The molecular formula is C45H49F2N7O7S. The van der Waals surface area contributed by atoms with Crippen molar-refractivity contribution in [1.29, 1.82) is 5.26 Å². The number of sulfonamides is 1. The number of nitrogens with one attached hydrogen (secondary N) is 3. The molecule has 2 atom stereocenters. The van der Waals surface area contributed by atoms with Gasteiger partial charge in [0, 0.05) is 31.2 Å². The fraction of sp³-hybridized carbons (Fsp3) is 0.489. The Labute approximate surface area is 358 Å². The van der Waals surface area contributed by atoms with Crippen LogP contribution in [0.2, 0.25) is 0 Å². The van der Waals surface area contributed by atoms with Crippen LogP contribution >= 0.6 is 0 Å². The largest absolute Gasteiger partial charge is 0.453 e. The summed E-state index contributed by atoms with van der Waals surface area (Å²) in [6.45, 7) is 2.06. The summed E-state index contributed by atoms with van der Waals surface area (Å²) in [5, 5.41) is 15.0. The number of hydrogen-bond donors (Lipinski definition) is 3. The number of aromatic nitrogens is 2. The number of fused-ring (bicyclic) bond motifs is 1. The molecule has 4 heterocycles. The van der Waals surface area contributed by atoms with Crippen molar-refractivity contribution in [3.05, 3.63) is 88.0 Å². The number of imide groups is 1. The minimum Gasteiger partial charge on any atom is -0.453 e. The van der Waals surface area contributed by atoms with Gasteiger partial charge in [-0.1, -0.05) is 18.9 Å². The molecule has 17 heteroatoms. The zero-order valence-corrected chi connectivity index (χ0v) is 35.0. The molecular weight excluding hydrogens is 821 g/mol. The van der Waals surface area contributed by atoms with Crippen molar-refractivity contribution in [2.24, 2.45) is 0 Å². The van der Waals surface area contributed by atoms with Gasteiger partial charge in [-0.3, -0.25) is 29.0 Å². The number of halogens is 2. The van der Waals surface area contributed by atoms with E-state index in [1.165, 1.54) is 30.6 Å². The summed E-state index contributed by atoms with van der Waals surface area (Å²) in [5.41, 5.74) is 0.560. The second kappa shape index (κ2) is 17.0. The van der Waals surface area contributed by atoms with Gasteiger partial charge < -0.3 is 19.7 Å². The first-order valence-corrected chi connectivity index (χ1v) is 23.1. The third-order valence-electron chi connectivity index (χ3n) is 13.7. The summed E-state index contributed by atoms with van der Waals surface area (Å²) < 4.78 is 73.0. The molecule has 2 saturated carbocycles. The van der Waals surface area contributed by atoms with Crippen LogP contribution in [0.3, 0.4) is 0 Å². The Bertz CT molecular complexity index is 2610. The Kier molecular flexibility index (Phi) is 11.5. The number of nitrogens with zero attached hydrogens (tertiary/aromatic N) is 4. The third-order valence-corrected chi connectivity index (χ3v) is 15.6. The molecule has 14 nitrogen and oxygen atoms in total. The molecule has 3 aromatic carbocycles. The number of amides is 2. The molecule has 3 aliphatic heterocycles. The molecule has 9 rings (SSSR count). The normalized spacial score (nSPS) is 24.5. The van der Waals surface area contributed by atoms with Gasteiger partial charge in [-0.15, -0.1) is 0 Å². The number of likely N-dealkylation sites (tertiary alicyclic amines) is 1. The predicted molar refractivity (Wildman–Crippen MR) is 226 cm³/mol. The highest BCUT2D eigenvalue weighted by Crippen LogP contribution is 2.43. The van der Waals surface area contributed by atoms with Crippen molar-refractivity contribution in [2.45, 2.75) is 118 Å². The smallest absolute Gasteiger partial charge is 0.261 e. The van der Waals surface area contributed by atoms with E-state index in [0.717, 1.165) is 70.5 Å². The number of benzene rings is 3. The first-order valence-electron chi connectivity index (χ1n) is 21.6. The minimum atomic E-state index is -3.80. The molecule has 1 aromatic heterocycles. The van der Waals surface area contributed by atoms with E-state index in [1.54, 1.807) is 10.6 Å². The molecule has 2 aliphatic carbocycles. The third kappa shape index (κ3) is 8.39. The lowest BCUT2D eigenvalue weighted by molar-refractivity contribution is -0.133. The molecule has 0 bridgehead atoms. The van der Waals surface area contributed by atoms with Crippen LogP contribution in [0, 0.1) is 23.0 Å². The van der Waals surface area contributed by atoms with E-state index in [0.29, 0.717) is 55.1 Å². The maximum atomic E-state index is 15.4. The second-order valence-corrected chi connectivity index (χ2v) is 19.4. The minimum absolute atomic E-state index is 0.0760. The van der Waals surface area contributed by atoms with Crippen molar-refractivity contribution < 1.29 is 36.3 Å². The molecule has 62 heavy (non-hydrogen) atoms. The summed E-state index contributed by atoms with van der Waals surface area (Å²) in [4.78, 5) is 44.7. The lowest BCUT2D eigenvalue weighted by Gasteiger charge is -2.44. The van der Waals surface area contributed by atoms with Crippen molar-refractivity contribution in [2.75, 3.05) is 29.7 Å². The molecule has 5 fully saturated rings. The number of hydrogen-bond acceptors (Lipinski definition) is 11. The van der Waals surface area contributed by atoms with Gasteiger partial charge in [0.1, 0.15) is 29.2 Å². The number of anilines is 2. The summed E-state index contributed by atoms with van der Waals surface area (Å²) in [6, 6.07) is 13.3. The van der Waals surface area contributed by atoms with E-state index >= 15 is 8.78 Å². The first kappa shape index (κ1) is 41.9.